The van der Waals surface area contributed by atoms with Crippen LogP contribution in [0.25, 0.3) is 22.4 Å². The molecule has 35 heavy (non-hydrogen) atoms. The number of aromatic nitrogens is 3. The fraction of sp³-hybridized carbons (Fsp3) is 0.292. The molecule has 0 bridgehead atoms. The Kier molecular flexibility index (Phi) is 5.83. The van der Waals surface area contributed by atoms with E-state index < -0.39 is 23.6 Å². The van der Waals surface area contributed by atoms with Crippen LogP contribution in [0.2, 0.25) is 0 Å². The molecule has 3 heterocycles. The molecule has 0 saturated carbocycles. The maximum absolute atomic E-state index is 12.7. The van der Waals surface area contributed by atoms with Crippen molar-refractivity contribution in [2.24, 2.45) is 0 Å². The number of nitrogens with zero attached hydrogens (tertiary/aromatic N) is 3. The summed E-state index contributed by atoms with van der Waals surface area (Å²) < 4.78 is 50.2. The van der Waals surface area contributed by atoms with Gasteiger partial charge in [-0.3, -0.25) is 9.67 Å². The number of piperidine rings is 1. The number of halogens is 3. The minimum atomic E-state index is -4.40. The Morgan fingerprint density at radius 1 is 1.11 bits per heavy atom. The van der Waals surface area contributed by atoms with Crippen LogP contribution in [0.1, 0.15) is 30.0 Å². The lowest BCUT2D eigenvalue weighted by Gasteiger charge is -2.31. The largest absolute Gasteiger partial charge is 0.445 e. The molecule has 4 aromatic rings. The van der Waals surface area contributed by atoms with Crippen molar-refractivity contribution in [3.63, 3.8) is 0 Å². The second kappa shape index (κ2) is 8.97. The van der Waals surface area contributed by atoms with E-state index in [9.17, 15) is 22.8 Å². The van der Waals surface area contributed by atoms with Crippen LogP contribution in [0, 0.1) is 0 Å². The van der Waals surface area contributed by atoms with E-state index in [1.54, 1.807) is 11.0 Å². The minimum Gasteiger partial charge on any atom is -0.445 e. The third-order valence-electron chi connectivity index (χ3n) is 6.06. The van der Waals surface area contributed by atoms with Gasteiger partial charge in [-0.1, -0.05) is 12.1 Å². The number of ether oxygens (including phenoxy) is 1. The summed E-state index contributed by atoms with van der Waals surface area (Å²) in [5, 5.41) is 4.67. The summed E-state index contributed by atoms with van der Waals surface area (Å²) in [5.41, 5.74) is 2.43. The number of rotatable bonds is 4. The summed E-state index contributed by atoms with van der Waals surface area (Å²) in [6.07, 6.45) is -1.63. The monoisotopic (exact) mass is 486 g/mol. The molecule has 1 aliphatic heterocycles. The smallest absolute Gasteiger partial charge is 0.417 e. The van der Waals surface area contributed by atoms with Gasteiger partial charge in [0.1, 0.15) is 6.61 Å². The zero-order valence-electron chi connectivity index (χ0n) is 18.4. The third-order valence-corrected chi connectivity index (χ3v) is 6.06. The normalized spacial score (nSPS) is 15.0. The van der Waals surface area contributed by atoms with Crippen molar-refractivity contribution in [2.75, 3.05) is 13.1 Å². The maximum Gasteiger partial charge on any atom is 0.417 e. The first-order valence-corrected chi connectivity index (χ1v) is 11.0. The topological polar surface area (TPSA) is 93.4 Å². The number of alkyl halides is 3. The number of fused-ring (bicyclic) bond motifs is 1. The first-order chi connectivity index (χ1) is 16.8. The van der Waals surface area contributed by atoms with Crippen LogP contribution in [0.3, 0.4) is 0 Å². The zero-order valence-corrected chi connectivity index (χ0v) is 18.4. The van der Waals surface area contributed by atoms with Crippen molar-refractivity contribution < 1.29 is 27.1 Å². The molecule has 1 amide bonds. The summed E-state index contributed by atoms with van der Waals surface area (Å²) in [7, 11) is 0. The van der Waals surface area contributed by atoms with Gasteiger partial charge in [-0.05, 0) is 54.8 Å². The molecule has 0 atom stereocenters. The van der Waals surface area contributed by atoms with Crippen LogP contribution in [0.15, 0.2) is 63.9 Å². The molecule has 1 aliphatic rings. The molecule has 2 aromatic heterocycles. The zero-order chi connectivity index (χ0) is 24.6. The molecule has 5 rings (SSSR count). The highest BCUT2D eigenvalue weighted by Crippen LogP contribution is 2.29. The standard InChI is InChI=1S/C24H21F3N4O4/c25-24(26,27)17-4-1-15(2-5-17)14-34-23(33)30-10-7-18(8-11-30)31-12-9-19(29-31)16-3-6-21-20(13-16)28-22(32)35-21/h1-6,9,12-13,18H,7-8,10-11,14H2,(H,28,32). The summed E-state index contributed by atoms with van der Waals surface area (Å²) >= 11 is 0. The Bertz CT molecular complexity index is 1400. The Hall–Kier alpha value is -4.02. The molecular weight excluding hydrogens is 465 g/mol. The molecule has 0 spiro atoms. The number of hydrogen-bond donors (Lipinski definition) is 1. The molecule has 11 heteroatoms. The first-order valence-electron chi connectivity index (χ1n) is 11.0. The van der Waals surface area contributed by atoms with Crippen molar-refractivity contribution in [2.45, 2.75) is 31.7 Å². The van der Waals surface area contributed by atoms with Crippen molar-refractivity contribution in [3.05, 3.63) is 76.4 Å². The number of hydrogen-bond acceptors (Lipinski definition) is 5. The van der Waals surface area contributed by atoms with Gasteiger partial charge < -0.3 is 14.1 Å². The average molecular weight is 486 g/mol. The van der Waals surface area contributed by atoms with E-state index in [1.807, 2.05) is 29.1 Å². The Labute approximate surface area is 196 Å². The van der Waals surface area contributed by atoms with Gasteiger partial charge in [0.25, 0.3) is 0 Å². The Balaban J connectivity index is 1.15. The van der Waals surface area contributed by atoms with Crippen LogP contribution in [0.5, 0.6) is 0 Å². The second-order valence-corrected chi connectivity index (χ2v) is 8.37. The highest BCUT2D eigenvalue weighted by Gasteiger charge is 2.30. The number of carbonyl (C=O) groups is 1. The van der Waals surface area contributed by atoms with Gasteiger partial charge in [0.05, 0.1) is 22.8 Å². The molecule has 182 valence electrons. The van der Waals surface area contributed by atoms with Gasteiger partial charge in [0.2, 0.25) is 0 Å². The van der Waals surface area contributed by atoms with Crippen LogP contribution in [-0.2, 0) is 17.5 Å². The molecule has 0 unspecified atom stereocenters. The van der Waals surface area contributed by atoms with E-state index in [0.717, 1.165) is 23.4 Å². The number of carbonyl (C=O) groups excluding carboxylic acids is 1. The SMILES string of the molecule is O=C(OCc1ccc(C(F)(F)F)cc1)N1CCC(n2ccc(-c3ccc4oc(=O)[nH]c4c3)n2)CC1. The summed E-state index contributed by atoms with van der Waals surface area (Å²) in [6.45, 7) is 0.869. The fourth-order valence-corrected chi connectivity index (χ4v) is 4.15. The molecular formula is C24H21F3N4O4. The van der Waals surface area contributed by atoms with Crippen LogP contribution in [-0.4, -0.2) is 38.8 Å². The number of H-pyrrole nitrogens is 1. The number of amides is 1. The molecule has 0 aliphatic carbocycles. The van der Waals surface area contributed by atoms with E-state index in [0.29, 0.717) is 42.6 Å². The van der Waals surface area contributed by atoms with E-state index in [-0.39, 0.29) is 12.6 Å². The molecule has 1 saturated heterocycles. The van der Waals surface area contributed by atoms with Gasteiger partial charge >= 0.3 is 18.0 Å². The molecule has 2 aromatic carbocycles. The summed E-state index contributed by atoms with van der Waals surface area (Å²) in [5.74, 6) is -0.507. The lowest BCUT2D eigenvalue weighted by molar-refractivity contribution is -0.137. The number of oxazole rings is 1. The third kappa shape index (κ3) is 4.93. The van der Waals surface area contributed by atoms with E-state index in [1.165, 1.54) is 12.1 Å². The van der Waals surface area contributed by atoms with E-state index in [4.69, 9.17) is 9.15 Å². The van der Waals surface area contributed by atoms with E-state index in [2.05, 4.69) is 10.1 Å². The van der Waals surface area contributed by atoms with Crippen LogP contribution < -0.4 is 5.76 Å². The number of nitrogens with one attached hydrogen (secondary N) is 1. The predicted octanol–water partition coefficient (Wildman–Crippen LogP) is 4.98. The highest BCUT2D eigenvalue weighted by atomic mass is 19.4. The average Bonchev–Trinajstić information content (AvgIpc) is 3.48. The quantitative estimate of drug-likeness (QED) is 0.439. The van der Waals surface area contributed by atoms with E-state index >= 15 is 0 Å². The van der Waals surface area contributed by atoms with Crippen molar-refractivity contribution in [1.82, 2.24) is 19.7 Å². The molecule has 1 fully saturated rings. The van der Waals surface area contributed by atoms with Gasteiger partial charge in [0, 0.05) is 24.8 Å². The van der Waals surface area contributed by atoms with Crippen molar-refractivity contribution in [3.8, 4) is 11.3 Å². The van der Waals surface area contributed by atoms with Crippen LogP contribution >= 0.6 is 0 Å². The number of likely N-dealkylation sites (tertiary alicyclic amines) is 1. The number of aromatic amines is 1. The lowest BCUT2D eigenvalue weighted by atomic mass is 10.1. The van der Waals surface area contributed by atoms with Crippen molar-refractivity contribution in [1.29, 1.82) is 0 Å². The molecule has 0 radical (unpaired) electrons. The summed E-state index contributed by atoms with van der Waals surface area (Å²) in [4.78, 5) is 28.0. The first kappa shape index (κ1) is 22.8. The van der Waals surface area contributed by atoms with Gasteiger partial charge in [-0.2, -0.15) is 18.3 Å². The predicted molar refractivity (Wildman–Crippen MR) is 120 cm³/mol. The molecule has 8 nitrogen and oxygen atoms in total. The Morgan fingerprint density at radius 3 is 2.57 bits per heavy atom. The van der Waals surface area contributed by atoms with Crippen molar-refractivity contribution >= 4 is 17.2 Å². The Morgan fingerprint density at radius 2 is 1.86 bits per heavy atom. The highest BCUT2D eigenvalue weighted by molar-refractivity contribution is 5.78. The van der Waals surface area contributed by atoms with Crippen LogP contribution in [0.4, 0.5) is 18.0 Å². The fourth-order valence-electron chi connectivity index (χ4n) is 4.15. The molecule has 1 N–H and O–H groups in total. The minimum absolute atomic E-state index is 0.0916. The second-order valence-electron chi connectivity index (χ2n) is 8.37. The van der Waals surface area contributed by atoms with Gasteiger partial charge in [0.15, 0.2) is 5.58 Å². The number of benzene rings is 2. The van der Waals surface area contributed by atoms with Gasteiger partial charge in [-0.15, -0.1) is 0 Å². The van der Waals surface area contributed by atoms with Gasteiger partial charge in [-0.25, -0.2) is 9.59 Å². The maximum atomic E-state index is 12.7. The summed E-state index contributed by atoms with van der Waals surface area (Å²) in [6, 6.07) is 11.9. The lowest BCUT2D eigenvalue weighted by Crippen LogP contribution is -2.39.